The van der Waals surface area contributed by atoms with Gasteiger partial charge in [0.05, 0.1) is 17.7 Å². The maximum absolute atomic E-state index is 12.6. The van der Waals surface area contributed by atoms with Crippen molar-refractivity contribution >= 4 is 17.6 Å². The minimum Gasteiger partial charge on any atom is -0.339 e. The maximum atomic E-state index is 12.6. The average molecular weight is 343 g/mol. The lowest BCUT2D eigenvalue weighted by molar-refractivity contribution is -0.140. The Labute approximate surface area is 148 Å². The Hall–Kier alpha value is -2.02. The number of nitrogens with zero attached hydrogens (tertiary/aromatic N) is 5. The van der Waals surface area contributed by atoms with E-state index in [4.69, 9.17) is 0 Å². The summed E-state index contributed by atoms with van der Waals surface area (Å²) in [5.74, 6) is 1.16. The van der Waals surface area contributed by atoms with E-state index in [2.05, 4.69) is 23.8 Å². The molecule has 25 heavy (non-hydrogen) atoms. The summed E-state index contributed by atoms with van der Waals surface area (Å²) < 4.78 is 0. The summed E-state index contributed by atoms with van der Waals surface area (Å²) in [5, 5.41) is 0. The molecule has 7 heteroatoms. The number of anilines is 1. The molecule has 4 rings (SSSR count). The van der Waals surface area contributed by atoms with Gasteiger partial charge < -0.3 is 4.90 Å². The van der Waals surface area contributed by atoms with Gasteiger partial charge in [-0.15, -0.1) is 0 Å². The smallest absolute Gasteiger partial charge is 0.236 e. The monoisotopic (exact) mass is 343 g/mol. The SMILES string of the molecule is CC(C)N(C)CC(=O)N1CC2(C1)CN(C(=O)C1CC1)c1nccnc12. The topological polar surface area (TPSA) is 69.6 Å². The first-order valence-corrected chi connectivity index (χ1v) is 9.02. The van der Waals surface area contributed by atoms with E-state index in [1.807, 2.05) is 21.7 Å². The third-order valence-electron chi connectivity index (χ3n) is 5.70. The number of carbonyl (C=O) groups is 2. The van der Waals surface area contributed by atoms with Gasteiger partial charge in [-0.25, -0.2) is 4.98 Å². The second kappa shape index (κ2) is 5.76. The van der Waals surface area contributed by atoms with E-state index in [0.29, 0.717) is 38.0 Å². The number of aromatic nitrogens is 2. The first-order valence-electron chi connectivity index (χ1n) is 9.02. The number of hydrogen-bond acceptors (Lipinski definition) is 5. The molecule has 2 fully saturated rings. The molecular formula is C18H25N5O2. The van der Waals surface area contributed by atoms with Crippen molar-refractivity contribution in [1.29, 1.82) is 0 Å². The van der Waals surface area contributed by atoms with Crippen LogP contribution in [-0.2, 0) is 15.0 Å². The van der Waals surface area contributed by atoms with E-state index in [1.54, 1.807) is 12.4 Å². The fourth-order valence-electron chi connectivity index (χ4n) is 3.69. The Morgan fingerprint density at radius 3 is 2.56 bits per heavy atom. The molecule has 0 atom stereocenters. The molecule has 1 spiro atoms. The molecule has 2 aliphatic heterocycles. The molecule has 0 N–H and O–H groups in total. The Morgan fingerprint density at radius 1 is 1.24 bits per heavy atom. The van der Waals surface area contributed by atoms with E-state index in [1.165, 1.54) is 0 Å². The van der Waals surface area contributed by atoms with Crippen LogP contribution in [0.5, 0.6) is 0 Å². The number of amides is 2. The highest BCUT2D eigenvalue weighted by Gasteiger charge is 2.56. The summed E-state index contributed by atoms with van der Waals surface area (Å²) in [6.07, 6.45) is 5.28. The molecule has 3 aliphatic rings. The van der Waals surface area contributed by atoms with Crippen LogP contribution in [0, 0.1) is 5.92 Å². The normalized spacial score (nSPS) is 21.0. The van der Waals surface area contributed by atoms with Crippen LogP contribution < -0.4 is 4.90 Å². The molecule has 7 nitrogen and oxygen atoms in total. The predicted molar refractivity (Wildman–Crippen MR) is 93.1 cm³/mol. The summed E-state index contributed by atoms with van der Waals surface area (Å²) in [6.45, 7) is 6.43. The van der Waals surface area contributed by atoms with Gasteiger partial charge in [0.15, 0.2) is 5.82 Å². The molecule has 3 heterocycles. The highest BCUT2D eigenvalue weighted by atomic mass is 16.2. The van der Waals surface area contributed by atoms with E-state index in [0.717, 1.165) is 18.5 Å². The lowest BCUT2D eigenvalue weighted by Crippen LogP contribution is -2.64. The molecule has 0 aromatic carbocycles. The highest BCUT2D eigenvalue weighted by molar-refractivity contribution is 5.98. The summed E-state index contributed by atoms with van der Waals surface area (Å²) in [6, 6.07) is 0.337. The van der Waals surface area contributed by atoms with Gasteiger partial charge in [-0.1, -0.05) is 0 Å². The zero-order chi connectivity index (χ0) is 17.8. The van der Waals surface area contributed by atoms with Crippen LogP contribution in [0.25, 0.3) is 0 Å². The molecule has 1 aromatic rings. The van der Waals surface area contributed by atoms with E-state index in [-0.39, 0.29) is 23.1 Å². The Morgan fingerprint density at radius 2 is 1.92 bits per heavy atom. The molecule has 1 aromatic heterocycles. The van der Waals surface area contributed by atoms with Gasteiger partial charge in [-0.2, -0.15) is 0 Å². The standard InChI is InChI=1S/C18H25N5O2/c1-12(2)21(3)8-14(24)22-9-18(10-22)11-23(17(25)13-4-5-13)16-15(18)19-6-7-20-16/h6-7,12-13H,4-5,8-11H2,1-3H3. The molecule has 1 aliphatic carbocycles. The second-order valence-corrected chi connectivity index (χ2v) is 7.97. The lowest BCUT2D eigenvalue weighted by atomic mass is 9.78. The molecule has 0 unspecified atom stereocenters. The van der Waals surface area contributed by atoms with Gasteiger partial charge in [0, 0.05) is 44.0 Å². The maximum Gasteiger partial charge on any atom is 0.236 e. The van der Waals surface area contributed by atoms with Crippen LogP contribution in [0.2, 0.25) is 0 Å². The predicted octanol–water partition coefficient (Wildman–Crippen LogP) is 0.653. The molecular weight excluding hydrogens is 318 g/mol. The van der Waals surface area contributed by atoms with Crippen molar-refractivity contribution in [3.8, 4) is 0 Å². The summed E-state index contributed by atoms with van der Waals surface area (Å²) >= 11 is 0. The molecule has 1 saturated carbocycles. The van der Waals surface area contributed by atoms with E-state index < -0.39 is 0 Å². The van der Waals surface area contributed by atoms with Crippen LogP contribution >= 0.6 is 0 Å². The fourth-order valence-corrected chi connectivity index (χ4v) is 3.69. The third kappa shape index (κ3) is 2.70. The Kier molecular flexibility index (Phi) is 3.79. The van der Waals surface area contributed by atoms with Crippen molar-refractivity contribution in [2.45, 2.75) is 38.1 Å². The minimum absolute atomic E-state index is 0.138. The zero-order valence-corrected chi connectivity index (χ0v) is 15.1. The summed E-state index contributed by atoms with van der Waals surface area (Å²) in [4.78, 5) is 39.8. The van der Waals surface area contributed by atoms with Crippen molar-refractivity contribution in [1.82, 2.24) is 19.8 Å². The zero-order valence-electron chi connectivity index (χ0n) is 15.1. The van der Waals surface area contributed by atoms with Crippen LogP contribution in [0.4, 0.5) is 5.82 Å². The largest absolute Gasteiger partial charge is 0.339 e. The number of rotatable bonds is 4. The number of likely N-dealkylation sites (N-methyl/N-ethyl adjacent to an activating group) is 1. The first kappa shape index (κ1) is 16.4. The third-order valence-corrected chi connectivity index (χ3v) is 5.70. The van der Waals surface area contributed by atoms with Crippen molar-refractivity contribution in [2.75, 3.05) is 38.1 Å². The first-order chi connectivity index (χ1) is 11.9. The Bertz CT molecular complexity index is 709. The highest BCUT2D eigenvalue weighted by Crippen LogP contribution is 2.46. The van der Waals surface area contributed by atoms with E-state index >= 15 is 0 Å². The van der Waals surface area contributed by atoms with Gasteiger partial charge in [-0.05, 0) is 33.7 Å². The van der Waals surface area contributed by atoms with E-state index in [9.17, 15) is 9.59 Å². The van der Waals surface area contributed by atoms with Gasteiger partial charge in [0.1, 0.15) is 0 Å². The molecule has 1 saturated heterocycles. The number of hydrogen-bond donors (Lipinski definition) is 0. The van der Waals surface area contributed by atoms with Crippen LogP contribution in [0.15, 0.2) is 12.4 Å². The van der Waals surface area contributed by atoms with Crippen LogP contribution in [0.3, 0.4) is 0 Å². The van der Waals surface area contributed by atoms with Crippen molar-refractivity contribution in [3.63, 3.8) is 0 Å². The number of fused-ring (bicyclic) bond motifs is 2. The van der Waals surface area contributed by atoms with Gasteiger partial charge in [0.25, 0.3) is 0 Å². The molecule has 0 bridgehead atoms. The Balaban J connectivity index is 1.49. The van der Waals surface area contributed by atoms with Gasteiger partial charge in [-0.3, -0.25) is 24.4 Å². The molecule has 134 valence electrons. The minimum atomic E-state index is -0.236. The summed E-state index contributed by atoms with van der Waals surface area (Å²) in [7, 11) is 1.96. The summed E-state index contributed by atoms with van der Waals surface area (Å²) in [5.41, 5.74) is 0.644. The van der Waals surface area contributed by atoms with Crippen molar-refractivity contribution in [2.24, 2.45) is 5.92 Å². The average Bonchev–Trinajstić information content (AvgIpc) is 3.33. The fraction of sp³-hybridized carbons (Fsp3) is 0.667. The second-order valence-electron chi connectivity index (χ2n) is 7.97. The molecule has 2 amide bonds. The van der Waals surface area contributed by atoms with Crippen LogP contribution in [0.1, 0.15) is 32.4 Å². The number of carbonyl (C=O) groups excluding carboxylic acids is 2. The van der Waals surface area contributed by atoms with Crippen molar-refractivity contribution in [3.05, 3.63) is 18.1 Å². The number of likely N-dealkylation sites (tertiary alicyclic amines) is 1. The van der Waals surface area contributed by atoms with Crippen LogP contribution in [-0.4, -0.2) is 70.9 Å². The molecule has 0 radical (unpaired) electrons. The van der Waals surface area contributed by atoms with Gasteiger partial charge >= 0.3 is 0 Å². The lowest BCUT2D eigenvalue weighted by Gasteiger charge is -2.48. The quantitative estimate of drug-likeness (QED) is 0.803. The van der Waals surface area contributed by atoms with Gasteiger partial charge in [0.2, 0.25) is 11.8 Å². The van der Waals surface area contributed by atoms with Crippen molar-refractivity contribution < 1.29 is 9.59 Å².